The largest absolute Gasteiger partial charge is 0.489 e. The molecule has 1 aliphatic rings. The van der Waals surface area contributed by atoms with Gasteiger partial charge in [0.15, 0.2) is 0 Å². The second-order valence-corrected chi connectivity index (χ2v) is 7.96. The average Bonchev–Trinajstić information content (AvgIpc) is 3.42. The highest BCUT2D eigenvalue weighted by molar-refractivity contribution is 8.18. The van der Waals surface area contributed by atoms with E-state index >= 15 is 0 Å². The predicted octanol–water partition coefficient (Wildman–Crippen LogP) is 4.21. The molecule has 162 valence electrons. The molecule has 0 aliphatic carbocycles. The zero-order valence-corrected chi connectivity index (χ0v) is 17.8. The number of nitrogens with one attached hydrogen (secondary N) is 1. The Bertz CT molecular complexity index is 1120. The van der Waals surface area contributed by atoms with Crippen LogP contribution in [0.3, 0.4) is 0 Å². The van der Waals surface area contributed by atoms with Crippen LogP contribution in [0.2, 0.25) is 0 Å². The molecule has 0 bridgehead atoms. The monoisotopic (exact) mass is 448 g/mol. The summed E-state index contributed by atoms with van der Waals surface area (Å²) in [5.74, 6) is 0.360. The van der Waals surface area contributed by atoms with Crippen LogP contribution in [0.1, 0.15) is 16.9 Å². The van der Waals surface area contributed by atoms with Crippen molar-refractivity contribution < 1.29 is 23.5 Å². The van der Waals surface area contributed by atoms with Crippen molar-refractivity contribution in [2.24, 2.45) is 0 Å². The fraction of sp³-hybridized carbons (Fsp3) is 0.125. The van der Waals surface area contributed by atoms with Gasteiger partial charge in [0.2, 0.25) is 5.91 Å². The van der Waals surface area contributed by atoms with Crippen LogP contribution >= 0.6 is 11.8 Å². The van der Waals surface area contributed by atoms with E-state index in [1.807, 2.05) is 42.5 Å². The van der Waals surface area contributed by atoms with Crippen LogP contribution in [0, 0.1) is 0 Å². The number of hydrogen-bond donors (Lipinski definition) is 1. The molecule has 0 unspecified atom stereocenters. The summed E-state index contributed by atoms with van der Waals surface area (Å²) in [6.07, 6.45) is 3.14. The van der Waals surface area contributed by atoms with Gasteiger partial charge < -0.3 is 14.5 Å². The van der Waals surface area contributed by atoms with E-state index in [0.29, 0.717) is 18.1 Å². The molecule has 2 heterocycles. The molecule has 3 aromatic rings. The van der Waals surface area contributed by atoms with Gasteiger partial charge in [0.05, 0.1) is 17.7 Å². The van der Waals surface area contributed by atoms with E-state index in [1.54, 1.807) is 30.3 Å². The van der Waals surface area contributed by atoms with E-state index in [-0.39, 0.29) is 18.0 Å². The van der Waals surface area contributed by atoms with Crippen molar-refractivity contribution >= 4 is 34.9 Å². The quantitative estimate of drug-likeness (QED) is 0.520. The molecule has 32 heavy (non-hydrogen) atoms. The molecule has 0 saturated carbocycles. The SMILES string of the molecule is O=C(CN1C(=O)S/C(=C\c2ccc(OCc3ccccc3)cc2)C1=O)NCc1ccco1. The van der Waals surface area contributed by atoms with E-state index in [9.17, 15) is 14.4 Å². The molecule has 3 amide bonds. The van der Waals surface area contributed by atoms with Crippen LogP contribution in [-0.2, 0) is 22.7 Å². The fourth-order valence-electron chi connectivity index (χ4n) is 2.99. The molecule has 7 nitrogen and oxygen atoms in total. The summed E-state index contributed by atoms with van der Waals surface area (Å²) in [7, 11) is 0. The van der Waals surface area contributed by atoms with Gasteiger partial charge in [-0.2, -0.15) is 0 Å². The van der Waals surface area contributed by atoms with Crippen molar-refractivity contribution in [2.45, 2.75) is 13.2 Å². The van der Waals surface area contributed by atoms with Crippen LogP contribution < -0.4 is 10.1 Å². The van der Waals surface area contributed by atoms with Gasteiger partial charge in [-0.15, -0.1) is 0 Å². The van der Waals surface area contributed by atoms with Crippen molar-refractivity contribution in [3.63, 3.8) is 0 Å². The molecule has 1 aliphatic heterocycles. The standard InChI is InChI=1S/C24H20N2O5S/c27-22(25-14-20-7-4-12-30-20)15-26-23(28)21(32-24(26)29)13-17-8-10-19(11-9-17)31-16-18-5-2-1-3-6-18/h1-13H,14-16H2,(H,25,27)/b21-13-. The van der Waals surface area contributed by atoms with Gasteiger partial charge in [0, 0.05) is 0 Å². The molecule has 0 spiro atoms. The Hall–Kier alpha value is -3.78. The number of ether oxygens (including phenoxy) is 1. The smallest absolute Gasteiger partial charge is 0.294 e. The Balaban J connectivity index is 1.33. The summed E-state index contributed by atoms with van der Waals surface area (Å²) in [4.78, 5) is 38.2. The van der Waals surface area contributed by atoms with E-state index < -0.39 is 17.1 Å². The number of nitrogens with zero attached hydrogens (tertiary/aromatic N) is 1. The summed E-state index contributed by atoms with van der Waals surface area (Å²) in [6, 6.07) is 20.5. The Morgan fingerprint density at radius 2 is 1.81 bits per heavy atom. The summed E-state index contributed by atoms with van der Waals surface area (Å²) >= 11 is 0.815. The topological polar surface area (TPSA) is 88.8 Å². The van der Waals surface area contributed by atoms with Gasteiger partial charge in [-0.1, -0.05) is 42.5 Å². The molecule has 4 rings (SSSR count). The highest BCUT2D eigenvalue weighted by Crippen LogP contribution is 2.32. The van der Waals surface area contributed by atoms with E-state index in [1.165, 1.54) is 6.26 Å². The Kier molecular flexibility index (Phi) is 6.72. The number of furan rings is 1. The van der Waals surface area contributed by atoms with Crippen molar-refractivity contribution in [1.82, 2.24) is 10.2 Å². The molecular weight excluding hydrogens is 428 g/mol. The second kappa shape index (κ2) is 10.0. The maximum absolute atomic E-state index is 12.6. The highest BCUT2D eigenvalue weighted by atomic mass is 32.2. The van der Waals surface area contributed by atoms with Crippen molar-refractivity contribution in [3.8, 4) is 5.75 Å². The molecule has 1 N–H and O–H groups in total. The van der Waals surface area contributed by atoms with Gasteiger partial charge in [0.1, 0.15) is 24.7 Å². The minimum Gasteiger partial charge on any atom is -0.489 e. The maximum atomic E-state index is 12.6. The lowest BCUT2D eigenvalue weighted by Crippen LogP contribution is -2.39. The lowest BCUT2D eigenvalue weighted by molar-refractivity contribution is -0.129. The normalized spacial score (nSPS) is 14.8. The zero-order valence-electron chi connectivity index (χ0n) is 17.0. The predicted molar refractivity (Wildman–Crippen MR) is 120 cm³/mol. The van der Waals surface area contributed by atoms with Crippen molar-refractivity contribution in [3.05, 3.63) is 94.8 Å². The molecular formula is C24H20N2O5S. The fourth-order valence-corrected chi connectivity index (χ4v) is 3.83. The molecule has 1 saturated heterocycles. The number of amides is 3. The van der Waals surface area contributed by atoms with Crippen LogP contribution in [0.4, 0.5) is 4.79 Å². The Morgan fingerprint density at radius 1 is 1.03 bits per heavy atom. The summed E-state index contributed by atoms with van der Waals surface area (Å²) < 4.78 is 10.9. The third kappa shape index (κ3) is 5.47. The minimum absolute atomic E-state index is 0.191. The first-order chi connectivity index (χ1) is 15.6. The molecule has 0 radical (unpaired) electrons. The Labute approximate surface area is 189 Å². The third-order valence-electron chi connectivity index (χ3n) is 4.64. The number of imide groups is 1. The maximum Gasteiger partial charge on any atom is 0.294 e. The molecule has 1 fully saturated rings. The lowest BCUT2D eigenvalue weighted by Gasteiger charge is -2.11. The molecule has 0 atom stereocenters. The van der Waals surface area contributed by atoms with E-state index in [2.05, 4.69) is 5.32 Å². The number of benzene rings is 2. The minimum atomic E-state index is -0.488. The molecule has 1 aromatic heterocycles. The number of hydrogen-bond acceptors (Lipinski definition) is 6. The van der Waals surface area contributed by atoms with E-state index in [4.69, 9.17) is 9.15 Å². The highest BCUT2D eigenvalue weighted by Gasteiger charge is 2.36. The van der Waals surface area contributed by atoms with Crippen LogP contribution in [0.25, 0.3) is 6.08 Å². The van der Waals surface area contributed by atoms with Crippen molar-refractivity contribution in [2.75, 3.05) is 6.54 Å². The van der Waals surface area contributed by atoms with Gasteiger partial charge in [-0.3, -0.25) is 19.3 Å². The van der Waals surface area contributed by atoms with E-state index in [0.717, 1.165) is 27.8 Å². The van der Waals surface area contributed by atoms with Gasteiger partial charge in [-0.25, -0.2) is 0 Å². The first-order valence-electron chi connectivity index (χ1n) is 9.90. The number of thioether (sulfide) groups is 1. The zero-order chi connectivity index (χ0) is 22.3. The van der Waals surface area contributed by atoms with Gasteiger partial charge in [-0.05, 0) is 53.2 Å². The van der Waals surface area contributed by atoms with Gasteiger partial charge in [0.25, 0.3) is 11.1 Å². The average molecular weight is 449 g/mol. The molecule has 8 heteroatoms. The number of rotatable bonds is 8. The summed E-state index contributed by atoms with van der Waals surface area (Å²) in [6.45, 7) is 0.312. The van der Waals surface area contributed by atoms with Crippen molar-refractivity contribution in [1.29, 1.82) is 0 Å². The Morgan fingerprint density at radius 3 is 2.53 bits per heavy atom. The first-order valence-corrected chi connectivity index (χ1v) is 10.7. The number of carbonyl (C=O) groups excluding carboxylic acids is 3. The summed E-state index contributed by atoms with van der Waals surface area (Å²) in [5.41, 5.74) is 1.82. The molecule has 2 aromatic carbocycles. The van der Waals surface area contributed by atoms with Crippen LogP contribution in [-0.4, -0.2) is 28.5 Å². The lowest BCUT2D eigenvalue weighted by atomic mass is 10.2. The number of carbonyl (C=O) groups is 3. The van der Waals surface area contributed by atoms with Crippen LogP contribution in [0.15, 0.2) is 82.3 Å². The summed E-state index contributed by atoms with van der Waals surface area (Å²) in [5, 5.41) is 2.15. The van der Waals surface area contributed by atoms with Gasteiger partial charge >= 0.3 is 0 Å². The van der Waals surface area contributed by atoms with Crippen LogP contribution in [0.5, 0.6) is 5.75 Å². The third-order valence-corrected chi connectivity index (χ3v) is 5.55. The first kappa shape index (κ1) is 21.5. The second-order valence-electron chi connectivity index (χ2n) is 6.97.